The van der Waals surface area contributed by atoms with Crippen molar-refractivity contribution in [1.82, 2.24) is 5.32 Å². The molecule has 0 spiro atoms. The van der Waals surface area contributed by atoms with Gasteiger partial charge in [0.2, 0.25) is 5.91 Å². The Kier molecular flexibility index (Phi) is 5.51. The van der Waals surface area contributed by atoms with Crippen LogP contribution in [0.25, 0.3) is 0 Å². The highest BCUT2D eigenvalue weighted by molar-refractivity contribution is 5.95. The van der Waals surface area contributed by atoms with Crippen molar-refractivity contribution >= 4 is 11.6 Å². The Balaban J connectivity index is 1.58. The van der Waals surface area contributed by atoms with Gasteiger partial charge in [-0.2, -0.15) is 0 Å². The number of ether oxygens (including phenoxy) is 2. The first-order valence-electron chi connectivity index (χ1n) is 8.58. The van der Waals surface area contributed by atoms with Crippen molar-refractivity contribution in [2.24, 2.45) is 5.92 Å². The predicted molar refractivity (Wildman–Crippen MR) is 89.9 cm³/mol. The highest BCUT2D eigenvalue weighted by Crippen LogP contribution is 2.25. The molecule has 1 unspecified atom stereocenters. The van der Waals surface area contributed by atoms with E-state index in [0.29, 0.717) is 12.5 Å². The molecule has 1 amide bonds. The second kappa shape index (κ2) is 7.79. The van der Waals surface area contributed by atoms with Gasteiger partial charge in [-0.25, -0.2) is 0 Å². The average Bonchev–Trinajstić information content (AvgIpc) is 3.11. The van der Waals surface area contributed by atoms with Gasteiger partial charge < -0.3 is 20.1 Å². The fourth-order valence-electron chi connectivity index (χ4n) is 3.09. The zero-order valence-electron chi connectivity index (χ0n) is 13.8. The molecule has 1 aromatic rings. The SMILES string of the molecule is Cc1ccc(NC(=O)C2CCCN2)cc1OCC1CCOCC1. The minimum Gasteiger partial charge on any atom is -0.493 e. The molecule has 3 rings (SSSR count). The maximum atomic E-state index is 12.2. The van der Waals surface area contributed by atoms with Crippen molar-refractivity contribution in [3.8, 4) is 5.75 Å². The highest BCUT2D eigenvalue weighted by atomic mass is 16.5. The van der Waals surface area contributed by atoms with Crippen LogP contribution in [0.1, 0.15) is 31.2 Å². The number of hydrogen-bond donors (Lipinski definition) is 2. The molecule has 23 heavy (non-hydrogen) atoms. The van der Waals surface area contributed by atoms with Crippen molar-refractivity contribution in [3.05, 3.63) is 23.8 Å². The number of carbonyl (C=O) groups excluding carboxylic acids is 1. The largest absolute Gasteiger partial charge is 0.493 e. The molecule has 0 aliphatic carbocycles. The zero-order chi connectivity index (χ0) is 16.1. The lowest BCUT2D eigenvalue weighted by Crippen LogP contribution is -2.35. The lowest BCUT2D eigenvalue weighted by molar-refractivity contribution is -0.117. The Morgan fingerprint density at radius 2 is 2.17 bits per heavy atom. The normalized spacial score (nSPS) is 22.0. The van der Waals surface area contributed by atoms with Crippen molar-refractivity contribution in [1.29, 1.82) is 0 Å². The van der Waals surface area contributed by atoms with Crippen LogP contribution in [-0.4, -0.2) is 38.3 Å². The predicted octanol–water partition coefficient (Wildman–Crippen LogP) is 2.49. The lowest BCUT2D eigenvalue weighted by atomic mass is 10.0. The third-order valence-corrected chi connectivity index (χ3v) is 4.65. The van der Waals surface area contributed by atoms with Gasteiger partial charge in [-0.1, -0.05) is 6.07 Å². The van der Waals surface area contributed by atoms with E-state index in [1.165, 1.54) is 0 Å². The van der Waals surface area contributed by atoms with Gasteiger partial charge in [0.05, 0.1) is 12.6 Å². The van der Waals surface area contributed by atoms with Gasteiger partial charge in [-0.3, -0.25) is 4.79 Å². The number of hydrogen-bond acceptors (Lipinski definition) is 4. The average molecular weight is 318 g/mol. The van der Waals surface area contributed by atoms with Gasteiger partial charge in [-0.15, -0.1) is 0 Å². The molecular formula is C18H26N2O3. The van der Waals surface area contributed by atoms with E-state index in [1.807, 2.05) is 25.1 Å². The van der Waals surface area contributed by atoms with Crippen LogP contribution in [0.5, 0.6) is 5.75 Å². The molecule has 5 heteroatoms. The fraction of sp³-hybridized carbons (Fsp3) is 0.611. The summed E-state index contributed by atoms with van der Waals surface area (Å²) in [7, 11) is 0. The van der Waals surface area contributed by atoms with Crippen LogP contribution in [0, 0.1) is 12.8 Å². The van der Waals surface area contributed by atoms with E-state index in [2.05, 4.69) is 10.6 Å². The lowest BCUT2D eigenvalue weighted by Gasteiger charge is -2.22. The standard InChI is InChI=1S/C18H26N2O3/c1-13-4-5-15(20-18(21)16-3-2-8-19-16)11-17(13)23-12-14-6-9-22-10-7-14/h4-5,11,14,16,19H,2-3,6-10,12H2,1H3,(H,20,21). The Morgan fingerprint density at radius 1 is 1.35 bits per heavy atom. The van der Waals surface area contributed by atoms with E-state index in [1.54, 1.807) is 0 Å². The molecule has 5 nitrogen and oxygen atoms in total. The Hall–Kier alpha value is -1.59. The van der Waals surface area contributed by atoms with Crippen LogP contribution in [0.2, 0.25) is 0 Å². The minimum absolute atomic E-state index is 0.0433. The first-order valence-corrected chi connectivity index (χ1v) is 8.58. The molecule has 2 aliphatic rings. The molecule has 2 saturated heterocycles. The summed E-state index contributed by atoms with van der Waals surface area (Å²) in [4.78, 5) is 12.2. The summed E-state index contributed by atoms with van der Waals surface area (Å²) in [6.07, 6.45) is 4.09. The van der Waals surface area contributed by atoms with Gasteiger partial charge in [0.15, 0.2) is 0 Å². The summed E-state index contributed by atoms with van der Waals surface area (Å²) < 4.78 is 11.4. The van der Waals surface area contributed by atoms with Crippen molar-refractivity contribution in [2.75, 3.05) is 31.7 Å². The number of nitrogens with one attached hydrogen (secondary N) is 2. The van der Waals surface area contributed by atoms with E-state index in [-0.39, 0.29) is 11.9 Å². The summed E-state index contributed by atoms with van der Waals surface area (Å²) >= 11 is 0. The number of amides is 1. The van der Waals surface area contributed by atoms with E-state index in [0.717, 1.165) is 62.4 Å². The van der Waals surface area contributed by atoms with Gasteiger partial charge in [0.1, 0.15) is 5.75 Å². The van der Waals surface area contributed by atoms with E-state index < -0.39 is 0 Å². The van der Waals surface area contributed by atoms with Gasteiger partial charge in [-0.05, 0) is 56.7 Å². The third kappa shape index (κ3) is 4.45. The summed E-state index contributed by atoms with van der Waals surface area (Å²) in [5.41, 5.74) is 1.89. The molecule has 2 N–H and O–H groups in total. The first-order chi connectivity index (χ1) is 11.2. The maximum Gasteiger partial charge on any atom is 0.241 e. The van der Waals surface area contributed by atoms with Gasteiger partial charge in [0, 0.05) is 25.0 Å². The molecule has 126 valence electrons. The summed E-state index contributed by atoms with van der Waals surface area (Å²) in [5, 5.41) is 6.20. The van der Waals surface area contributed by atoms with Crippen LogP contribution < -0.4 is 15.4 Å². The molecule has 1 aromatic carbocycles. The van der Waals surface area contributed by atoms with Gasteiger partial charge in [0.25, 0.3) is 0 Å². The van der Waals surface area contributed by atoms with E-state index in [4.69, 9.17) is 9.47 Å². The van der Waals surface area contributed by atoms with Crippen molar-refractivity contribution in [3.63, 3.8) is 0 Å². The van der Waals surface area contributed by atoms with Crippen molar-refractivity contribution < 1.29 is 14.3 Å². The van der Waals surface area contributed by atoms with Crippen LogP contribution in [0.15, 0.2) is 18.2 Å². The second-order valence-corrected chi connectivity index (χ2v) is 6.49. The van der Waals surface area contributed by atoms with Crippen LogP contribution >= 0.6 is 0 Å². The Bertz CT molecular complexity index is 535. The van der Waals surface area contributed by atoms with Crippen molar-refractivity contribution in [2.45, 2.75) is 38.6 Å². The summed E-state index contributed by atoms with van der Waals surface area (Å²) in [5.74, 6) is 1.46. The van der Waals surface area contributed by atoms with Crippen LogP contribution in [0.3, 0.4) is 0 Å². The molecule has 2 aliphatic heterocycles. The third-order valence-electron chi connectivity index (χ3n) is 4.65. The van der Waals surface area contributed by atoms with Gasteiger partial charge >= 0.3 is 0 Å². The first kappa shape index (κ1) is 16.3. The number of benzene rings is 1. The number of aryl methyl sites for hydroxylation is 1. The molecule has 0 radical (unpaired) electrons. The van der Waals surface area contributed by atoms with E-state index in [9.17, 15) is 4.79 Å². The fourth-order valence-corrected chi connectivity index (χ4v) is 3.09. The molecule has 2 heterocycles. The quantitative estimate of drug-likeness (QED) is 0.876. The second-order valence-electron chi connectivity index (χ2n) is 6.49. The zero-order valence-corrected chi connectivity index (χ0v) is 13.8. The smallest absolute Gasteiger partial charge is 0.241 e. The molecule has 2 fully saturated rings. The molecular weight excluding hydrogens is 292 g/mol. The Morgan fingerprint density at radius 3 is 2.91 bits per heavy atom. The number of rotatable bonds is 5. The Labute approximate surface area is 137 Å². The topological polar surface area (TPSA) is 59.6 Å². The van der Waals surface area contributed by atoms with E-state index >= 15 is 0 Å². The highest BCUT2D eigenvalue weighted by Gasteiger charge is 2.22. The maximum absolute atomic E-state index is 12.2. The summed E-state index contributed by atoms with van der Waals surface area (Å²) in [6.45, 7) is 5.33. The van der Waals surface area contributed by atoms with Crippen LogP contribution in [0.4, 0.5) is 5.69 Å². The monoisotopic (exact) mass is 318 g/mol. The minimum atomic E-state index is -0.0667. The molecule has 1 atom stereocenters. The molecule has 0 bridgehead atoms. The number of carbonyl (C=O) groups is 1. The van der Waals surface area contributed by atoms with Crippen LogP contribution in [-0.2, 0) is 9.53 Å². The molecule has 0 aromatic heterocycles. The number of anilines is 1. The molecule has 0 saturated carbocycles. The summed E-state index contributed by atoms with van der Waals surface area (Å²) in [6, 6.07) is 5.80.